The van der Waals surface area contributed by atoms with E-state index in [0.717, 1.165) is 36.6 Å². The Morgan fingerprint density at radius 2 is 1.97 bits per heavy atom. The molecule has 218 valence electrons. The highest BCUT2D eigenvalue weighted by Crippen LogP contribution is 2.37. The fourth-order valence-electron chi connectivity index (χ4n) is 3.87. The SMILES string of the molecule is CC.CC1CCCN1C=O.Cc1nc(C(=O)NC2CCC2O)sc1-c1cnc(NCC(F)(F)F)cc1C(F)F. The Morgan fingerprint density at radius 3 is 2.44 bits per heavy atom. The van der Waals surface area contributed by atoms with Gasteiger partial charge in [-0.05, 0) is 45.6 Å². The van der Waals surface area contributed by atoms with E-state index in [4.69, 9.17) is 0 Å². The van der Waals surface area contributed by atoms with E-state index < -0.39 is 36.7 Å². The third kappa shape index (κ3) is 9.09. The number of hydrogen-bond donors (Lipinski definition) is 3. The number of aliphatic hydroxyl groups is 1. The van der Waals surface area contributed by atoms with Crippen LogP contribution in [0.25, 0.3) is 10.4 Å². The molecule has 1 aliphatic heterocycles. The van der Waals surface area contributed by atoms with Gasteiger partial charge in [0.25, 0.3) is 12.3 Å². The van der Waals surface area contributed by atoms with Crippen molar-refractivity contribution in [2.24, 2.45) is 0 Å². The highest BCUT2D eigenvalue weighted by molar-refractivity contribution is 7.17. The first-order chi connectivity index (χ1) is 18.4. The molecule has 3 N–H and O–H groups in total. The fraction of sp³-hybridized carbons (Fsp3) is 0.600. The van der Waals surface area contributed by atoms with Crippen LogP contribution in [0, 0.1) is 6.92 Å². The Kier molecular flexibility index (Phi) is 12.0. The molecule has 4 rings (SSSR count). The molecule has 1 saturated heterocycles. The number of anilines is 1. The summed E-state index contributed by atoms with van der Waals surface area (Å²) >= 11 is 0.875. The van der Waals surface area contributed by atoms with Gasteiger partial charge in [-0.1, -0.05) is 13.8 Å². The Labute approximate surface area is 228 Å². The number of aromatic nitrogens is 2. The molecule has 0 bridgehead atoms. The first-order valence-electron chi connectivity index (χ1n) is 12.7. The summed E-state index contributed by atoms with van der Waals surface area (Å²) in [4.78, 5) is 32.4. The molecule has 0 radical (unpaired) electrons. The van der Waals surface area contributed by atoms with Crippen LogP contribution in [0.1, 0.15) is 73.9 Å². The van der Waals surface area contributed by atoms with Crippen LogP contribution in [0.4, 0.5) is 27.8 Å². The number of aliphatic hydroxyl groups excluding tert-OH is 1. The molecule has 3 atom stereocenters. The molecule has 1 aliphatic carbocycles. The standard InChI is InChI=1S/C17H17F5N4O2S.C6H11NO.C2H6/c1-7-13(29-16(25-7)15(28)26-10-2-3-11(10)27)9-5-23-12(4-8(9)14(18)19)24-6-17(20,21)22;1-6-3-2-4-7(6)5-8;1-2/h4-5,10-11,14,27H,2-3,6H2,1H3,(H,23,24)(H,26,28);5-6H,2-4H2,1H3;1-2H3. The number of hydrogen-bond acceptors (Lipinski definition) is 7. The van der Waals surface area contributed by atoms with E-state index in [1.54, 1.807) is 0 Å². The first-order valence-corrected chi connectivity index (χ1v) is 13.5. The van der Waals surface area contributed by atoms with Gasteiger partial charge in [-0.25, -0.2) is 18.7 Å². The van der Waals surface area contributed by atoms with Crippen LogP contribution >= 0.6 is 11.3 Å². The minimum absolute atomic E-state index is 0.00436. The maximum atomic E-state index is 13.5. The number of thiazole rings is 1. The average Bonchev–Trinajstić information content (AvgIpc) is 3.50. The number of likely N-dealkylation sites (tertiary alicyclic amines) is 1. The van der Waals surface area contributed by atoms with E-state index in [-0.39, 0.29) is 27.3 Å². The van der Waals surface area contributed by atoms with E-state index in [2.05, 4.69) is 22.2 Å². The zero-order valence-corrected chi connectivity index (χ0v) is 23.0. The first kappa shape index (κ1) is 32.3. The van der Waals surface area contributed by atoms with Crippen molar-refractivity contribution in [2.75, 3.05) is 18.4 Å². The number of pyridine rings is 1. The quantitative estimate of drug-likeness (QED) is 0.302. The normalized spacial score (nSPS) is 20.3. The Balaban J connectivity index is 0.000000451. The number of carbonyl (C=O) groups excluding carboxylic acids is 2. The lowest BCUT2D eigenvalue weighted by molar-refractivity contribution is -0.118. The van der Waals surface area contributed by atoms with Gasteiger partial charge in [-0.2, -0.15) is 13.2 Å². The predicted molar refractivity (Wildman–Crippen MR) is 139 cm³/mol. The lowest BCUT2D eigenvalue weighted by Gasteiger charge is -2.32. The molecule has 3 heterocycles. The van der Waals surface area contributed by atoms with Crippen molar-refractivity contribution < 1.29 is 36.6 Å². The molecule has 14 heteroatoms. The zero-order valence-electron chi connectivity index (χ0n) is 22.2. The molecule has 2 fully saturated rings. The Hall–Kier alpha value is -2.87. The third-order valence-corrected chi connectivity index (χ3v) is 7.36. The van der Waals surface area contributed by atoms with Gasteiger partial charge in [-0.15, -0.1) is 11.3 Å². The lowest BCUT2D eigenvalue weighted by atomic mass is 9.89. The average molecular weight is 580 g/mol. The summed E-state index contributed by atoms with van der Waals surface area (Å²) in [5.41, 5.74) is -0.206. The van der Waals surface area contributed by atoms with E-state index >= 15 is 0 Å². The maximum absolute atomic E-state index is 13.5. The Morgan fingerprint density at radius 1 is 1.28 bits per heavy atom. The molecular formula is C25H34F5N5O3S. The van der Waals surface area contributed by atoms with Gasteiger partial charge < -0.3 is 20.6 Å². The second kappa shape index (κ2) is 14.5. The molecule has 3 unspecified atom stereocenters. The molecule has 2 aliphatic rings. The van der Waals surface area contributed by atoms with Gasteiger partial charge in [0, 0.05) is 29.9 Å². The van der Waals surface area contributed by atoms with E-state index in [1.807, 2.05) is 24.1 Å². The van der Waals surface area contributed by atoms with Crippen LogP contribution in [0.15, 0.2) is 12.3 Å². The second-order valence-corrected chi connectivity index (χ2v) is 9.92. The molecule has 0 aromatic carbocycles. The largest absolute Gasteiger partial charge is 0.405 e. The van der Waals surface area contributed by atoms with Crippen LogP contribution in [-0.4, -0.2) is 69.7 Å². The maximum Gasteiger partial charge on any atom is 0.405 e. The molecule has 39 heavy (non-hydrogen) atoms. The monoisotopic (exact) mass is 579 g/mol. The summed E-state index contributed by atoms with van der Waals surface area (Å²) in [6.07, 6.45) is -2.54. The summed E-state index contributed by atoms with van der Waals surface area (Å²) in [5, 5.41) is 14.2. The second-order valence-electron chi connectivity index (χ2n) is 8.92. The number of amides is 2. The van der Waals surface area contributed by atoms with Crippen molar-refractivity contribution in [1.29, 1.82) is 0 Å². The molecule has 0 spiro atoms. The number of rotatable bonds is 7. The topological polar surface area (TPSA) is 107 Å². The van der Waals surface area contributed by atoms with Gasteiger partial charge in [0.05, 0.1) is 22.7 Å². The highest BCUT2D eigenvalue weighted by Gasteiger charge is 2.32. The molecule has 2 amide bonds. The predicted octanol–water partition coefficient (Wildman–Crippen LogP) is 5.33. The van der Waals surface area contributed by atoms with Crippen molar-refractivity contribution in [3.05, 3.63) is 28.5 Å². The number of aryl methyl sites for hydroxylation is 1. The van der Waals surface area contributed by atoms with Crippen LogP contribution in [0.3, 0.4) is 0 Å². The van der Waals surface area contributed by atoms with Crippen LogP contribution in [-0.2, 0) is 4.79 Å². The van der Waals surface area contributed by atoms with Gasteiger partial charge in [0.2, 0.25) is 6.41 Å². The molecular weight excluding hydrogens is 545 g/mol. The number of nitrogens with zero attached hydrogens (tertiary/aromatic N) is 3. The minimum Gasteiger partial charge on any atom is -0.391 e. The number of halogens is 5. The number of alkyl halides is 5. The van der Waals surface area contributed by atoms with Crippen LogP contribution in [0.2, 0.25) is 0 Å². The van der Waals surface area contributed by atoms with Crippen molar-refractivity contribution in [2.45, 2.75) is 84.2 Å². The van der Waals surface area contributed by atoms with Crippen molar-refractivity contribution in [1.82, 2.24) is 20.2 Å². The molecule has 8 nitrogen and oxygen atoms in total. The summed E-state index contributed by atoms with van der Waals surface area (Å²) in [6, 6.07) is 0.981. The van der Waals surface area contributed by atoms with E-state index in [0.29, 0.717) is 24.6 Å². The lowest BCUT2D eigenvalue weighted by Crippen LogP contribution is -2.50. The third-order valence-electron chi connectivity index (χ3n) is 6.17. The number of carbonyl (C=O) groups is 2. The van der Waals surface area contributed by atoms with Crippen molar-refractivity contribution in [3.63, 3.8) is 0 Å². The minimum atomic E-state index is -4.52. The van der Waals surface area contributed by atoms with E-state index in [9.17, 15) is 36.6 Å². The molecule has 2 aromatic heterocycles. The van der Waals surface area contributed by atoms with Gasteiger partial charge in [0.1, 0.15) is 12.4 Å². The summed E-state index contributed by atoms with van der Waals surface area (Å²) in [7, 11) is 0. The summed E-state index contributed by atoms with van der Waals surface area (Å²) in [6.45, 7) is 7.18. The zero-order chi connectivity index (χ0) is 29.3. The van der Waals surface area contributed by atoms with Gasteiger partial charge in [0.15, 0.2) is 5.01 Å². The smallest absolute Gasteiger partial charge is 0.391 e. The highest BCUT2D eigenvalue weighted by atomic mass is 32.1. The fourth-order valence-corrected chi connectivity index (χ4v) is 4.87. The number of nitrogens with one attached hydrogen (secondary N) is 2. The van der Waals surface area contributed by atoms with E-state index in [1.165, 1.54) is 19.8 Å². The van der Waals surface area contributed by atoms with Gasteiger partial charge >= 0.3 is 6.18 Å². The Bertz CT molecular complexity index is 1100. The summed E-state index contributed by atoms with van der Waals surface area (Å²) < 4.78 is 64.0. The van der Waals surface area contributed by atoms with Gasteiger partial charge in [-0.3, -0.25) is 9.59 Å². The van der Waals surface area contributed by atoms with Crippen LogP contribution < -0.4 is 10.6 Å². The molecule has 1 saturated carbocycles. The van der Waals surface area contributed by atoms with Crippen molar-refractivity contribution >= 4 is 29.5 Å². The molecule has 2 aromatic rings. The summed E-state index contributed by atoms with van der Waals surface area (Å²) in [5.74, 6) is -0.858. The van der Waals surface area contributed by atoms with Crippen LogP contribution in [0.5, 0.6) is 0 Å². The van der Waals surface area contributed by atoms with Crippen molar-refractivity contribution in [3.8, 4) is 10.4 Å².